The van der Waals surface area contributed by atoms with Gasteiger partial charge in [-0.15, -0.1) is 0 Å². The van der Waals surface area contributed by atoms with Gasteiger partial charge in [0.2, 0.25) is 0 Å². The van der Waals surface area contributed by atoms with Gasteiger partial charge in [-0.2, -0.15) is 0 Å². The lowest BCUT2D eigenvalue weighted by atomic mass is 10.2. The van der Waals surface area contributed by atoms with E-state index in [2.05, 4.69) is 10.3 Å². The van der Waals surface area contributed by atoms with E-state index in [0.717, 1.165) is 5.56 Å². The molecule has 0 fully saturated rings. The number of para-hydroxylation sites is 2. The van der Waals surface area contributed by atoms with Crippen molar-refractivity contribution < 1.29 is 4.92 Å². The summed E-state index contributed by atoms with van der Waals surface area (Å²) in [5, 5.41) is 13.6. The second-order valence-corrected chi connectivity index (χ2v) is 4.09. The van der Waals surface area contributed by atoms with Crippen LogP contribution in [-0.2, 0) is 6.54 Å². The summed E-state index contributed by atoms with van der Waals surface area (Å²) >= 11 is 0. The predicted molar refractivity (Wildman–Crippen MR) is 78.5 cm³/mol. The third-order valence-corrected chi connectivity index (χ3v) is 2.64. The van der Waals surface area contributed by atoms with Crippen LogP contribution in [0.5, 0.6) is 0 Å². The van der Waals surface area contributed by atoms with E-state index < -0.39 is 4.92 Å². The van der Waals surface area contributed by atoms with E-state index in [1.54, 1.807) is 18.2 Å². The number of anilines is 1. The van der Waals surface area contributed by atoms with Crippen molar-refractivity contribution in [2.75, 3.05) is 5.32 Å². The Morgan fingerprint density at radius 2 is 1.80 bits per heavy atom. The molecule has 0 bridgehead atoms. The van der Waals surface area contributed by atoms with E-state index in [4.69, 9.17) is 5.73 Å². The van der Waals surface area contributed by atoms with Crippen molar-refractivity contribution in [3.05, 3.63) is 70.3 Å². The van der Waals surface area contributed by atoms with Crippen molar-refractivity contribution in [1.29, 1.82) is 0 Å². The highest BCUT2D eigenvalue weighted by Crippen LogP contribution is 2.22. The van der Waals surface area contributed by atoms with Crippen molar-refractivity contribution in [2.24, 2.45) is 10.7 Å². The van der Waals surface area contributed by atoms with Gasteiger partial charge in [-0.05, 0) is 11.6 Å². The zero-order valence-corrected chi connectivity index (χ0v) is 10.7. The molecule has 0 unspecified atom stereocenters. The molecule has 6 nitrogen and oxygen atoms in total. The smallest absolute Gasteiger partial charge is 0.292 e. The summed E-state index contributed by atoms with van der Waals surface area (Å²) in [5.74, 6) is 0.142. The van der Waals surface area contributed by atoms with Gasteiger partial charge < -0.3 is 11.1 Å². The molecule has 2 aromatic rings. The number of benzene rings is 2. The van der Waals surface area contributed by atoms with Crippen molar-refractivity contribution >= 4 is 17.3 Å². The summed E-state index contributed by atoms with van der Waals surface area (Å²) in [6.45, 7) is 0.417. The van der Waals surface area contributed by atoms with Crippen LogP contribution in [0.25, 0.3) is 0 Å². The van der Waals surface area contributed by atoms with E-state index in [1.807, 2.05) is 30.3 Å². The van der Waals surface area contributed by atoms with Crippen LogP contribution >= 0.6 is 0 Å². The molecule has 0 atom stereocenters. The van der Waals surface area contributed by atoms with E-state index in [1.165, 1.54) is 6.07 Å². The number of nitro benzene ring substituents is 1. The van der Waals surface area contributed by atoms with Crippen LogP contribution in [-0.4, -0.2) is 10.9 Å². The van der Waals surface area contributed by atoms with E-state index in [9.17, 15) is 10.1 Å². The summed E-state index contributed by atoms with van der Waals surface area (Å²) in [6.07, 6.45) is 0. The van der Waals surface area contributed by atoms with Crippen molar-refractivity contribution in [3.63, 3.8) is 0 Å². The average Bonchev–Trinajstić information content (AvgIpc) is 2.46. The van der Waals surface area contributed by atoms with Crippen LogP contribution in [0.4, 0.5) is 11.4 Å². The van der Waals surface area contributed by atoms with Crippen LogP contribution in [0.3, 0.4) is 0 Å². The lowest BCUT2D eigenvalue weighted by Crippen LogP contribution is -2.23. The van der Waals surface area contributed by atoms with Crippen LogP contribution in [0, 0.1) is 10.1 Å². The van der Waals surface area contributed by atoms with Crippen LogP contribution in [0.2, 0.25) is 0 Å². The maximum Gasteiger partial charge on any atom is 0.292 e. The van der Waals surface area contributed by atoms with Gasteiger partial charge in [0.05, 0.1) is 11.5 Å². The summed E-state index contributed by atoms with van der Waals surface area (Å²) in [7, 11) is 0. The Kier molecular flexibility index (Phi) is 4.28. The standard InChI is InChI=1S/C14H14N4O2/c15-14(16-10-11-6-2-1-3-7-11)17-12-8-4-5-9-13(12)18(19)20/h1-9H,10H2,(H3,15,16,17). The molecule has 0 saturated carbocycles. The maximum absolute atomic E-state index is 10.9. The summed E-state index contributed by atoms with van der Waals surface area (Å²) in [5.41, 5.74) is 7.04. The Morgan fingerprint density at radius 3 is 2.50 bits per heavy atom. The molecule has 6 heteroatoms. The lowest BCUT2D eigenvalue weighted by molar-refractivity contribution is -0.383. The van der Waals surface area contributed by atoms with E-state index in [0.29, 0.717) is 12.2 Å². The Balaban J connectivity index is 2.08. The number of rotatable bonds is 4. The first-order valence-electron chi connectivity index (χ1n) is 6.01. The van der Waals surface area contributed by atoms with Gasteiger partial charge in [0.15, 0.2) is 5.96 Å². The number of nitro groups is 1. The second-order valence-electron chi connectivity index (χ2n) is 4.09. The molecule has 0 aliphatic carbocycles. The minimum absolute atomic E-state index is 0.0367. The number of aliphatic imine (C=N–C) groups is 1. The van der Waals surface area contributed by atoms with Gasteiger partial charge >= 0.3 is 0 Å². The van der Waals surface area contributed by atoms with Gasteiger partial charge in [0.1, 0.15) is 5.69 Å². The molecule has 0 heterocycles. The van der Waals surface area contributed by atoms with Crippen LogP contribution in [0.15, 0.2) is 59.6 Å². The summed E-state index contributed by atoms with van der Waals surface area (Å²) in [4.78, 5) is 14.6. The second kappa shape index (κ2) is 6.33. The fourth-order valence-corrected chi connectivity index (χ4v) is 1.68. The topological polar surface area (TPSA) is 93.5 Å². The Labute approximate surface area is 116 Å². The minimum atomic E-state index is -0.465. The average molecular weight is 270 g/mol. The lowest BCUT2D eigenvalue weighted by Gasteiger charge is -2.06. The highest BCUT2D eigenvalue weighted by atomic mass is 16.6. The fourth-order valence-electron chi connectivity index (χ4n) is 1.68. The number of nitrogens with zero attached hydrogens (tertiary/aromatic N) is 2. The quantitative estimate of drug-likeness (QED) is 0.386. The molecule has 0 aromatic heterocycles. The number of hydrogen-bond acceptors (Lipinski definition) is 3. The summed E-state index contributed by atoms with van der Waals surface area (Å²) < 4.78 is 0. The molecule has 0 saturated heterocycles. The SMILES string of the molecule is NC(=NCc1ccccc1)Nc1ccccc1[N+](=O)[O-]. The molecule has 2 aromatic carbocycles. The zero-order valence-electron chi connectivity index (χ0n) is 10.7. The minimum Gasteiger partial charge on any atom is -0.370 e. The summed E-state index contributed by atoms with van der Waals surface area (Å²) in [6, 6.07) is 15.9. The number of guanidine groups is 1. The molecule has 2 rings (SSSR count). The molecule has 20 heavy (non-hydrogen) atoms. The third-order valence-electron chi connectivity index (χ3n) is 2.64. The van der Waals surface area contributed by atoms with Crippen molar-refractivity contribution in [2.45, 2.75) is 6.54 Å². The largest absolute Gasteiger partial charge is 0.370 e. The molecule has 0 aliphatic heterocycles. The highest BCUT2D eigenvalue weighted by Gasteiger charge is 2.12. The van der Waals surface area contributed by atoms with E-state index >= 15 is 0 Å². The Hall–Kier alpha value is -2.89. The molecule has 3 N–H and O–H groups in total. The van der Waals surface area contributed by atoms with Gasteiger partial charge in [-0.3, -0.25) is 10.1 Å². The number of nitrogens with one attached hydrogen (secondary N) is 1. The number of hydrogen-bond donors (Lipinski definition) is 2. The van der Waals surface area contributed by atoms with Gasteiger partial charge in [0.25, 0.3) is 5.69 Å². The normalized spacial score (nSPS) is 11.1. The molecule has 0 aliphatic rings. The zero-order chi connectivity index (χ0) is 14.4. The van der Waals surface area contributed by atoms with Crippen molar-refractivity contribution in [1.82, 2.24) is 0 Å². The Morgan fingerprint density at radius 1 is 1.15 bits per heavy atom. The first-order valence-corrected chi connectivity index (χ1v) is 6.01. The highest BCUT2D eigenvalue weighted by molar-refractivity contribution is 5.94. The third kappa shape index (κ3) is 3.55. The maximum atomic E-state index is 10.9. The molecule has 0 amide bonds. The first kappa shape index (κ1) is 13.5. The van der Waals surface area contributed by atoms with Crippen molar-refractivity contribution in [3.8, 4) is 0 Å². The number of nitrogens with two attached hydrogens (primary N) is 1. The van der Waals surface area contributed by atoms with E-state index in [-0.39, 0.29) is 11.6 Å². The molecular formula is C14H14N4O2. The Bertz CT molecular complexity index is 626. The van der Waals surface area contributed by atoms with Gasteiger partial charge in [-0.1, -0.05) is 42.5 Å². The van der Waals surface area contributed by atoms with Crippen LogP contribution in [0.1, 0.15) is 5.56 Å². The monoisotopic (exact) mass is 270 g/mol. The molecule has 0 spiro atoms. The fraction of sp³-hybridized carbons (Fsp3) is 0.0714. The molecule has 102 valence electrons. The van der Waals surface area contributed by atoms with Gasteiger partial charge in [0, 0.05) is 6.07 Å². The first-order chi connectivity index (χ1) is 9.66. The van der Waals surface area contributed by atoms with Gasteiger partial charge in [-0.25, -0.2) is 4.99 Å². The molecular weight excluding hydrogens is 256 g/mol. The molecule has 0 radical (unpaired) electrons. The predicted octanol–water partition coefficient (Wildman–Crippen LogP) is 2.52. The van der Waals surface area contributed by atoms with Crippen LogP contribution < -0.4 is 11.1 Å².